The Labute approximate surface area is 193 Å². The number of benzene rings is 1. The molecule has 5 rings (SSSR count). The molecule has 0 saturated carbocycles. The first kappa shape index (κ1) is 21.5. The molecule has 33 heavy (non-hydrogen) atoms. The fraction of sp³-hybridized carbons (Fsp3) is 0.261. The first-order valence-corrected chi connectivity index (χ1v) is 10.9. The summed E-state index contributed by atoms with van der Waals surface area (Å²) in [4.78, 5) is 10.6. The van der Waals surface area contributed by atoms with Crippen LogP contribution in [0.3, 0.4) is 0 Å². The van der Waals surface area contributed by atoms with Gasteiger partial charge in [0.1, 0.15) is 11.3 Å². The molecule has 1 saturated heterocycles. The Hall–Kier alpha value is -3.33. The Balaban J connectivity index is 1.37. The van der Waals surface area contributed by atoms with Crippen LogP contribution in [0.2, 0.25) is 5.15 Å². The van der Waals surface area contributed by atoms with E-state index in [1.165, 1.54) is 10.6 Å². The molecule has 6 nitrogen and oxygen atoms in total. The smallest absolute Gasteiger partial charge is 0.243 e. The molecule has 1 aromatic carbocycles. The highest BCUT2D eigenvalue weighted by molar-refractivity contribution is 6.29. The van der Waals surface area contributed by atoms with Crippen LogP contribution in [0.5, 0.6) is 0 Å². The zero-order chi connectivity index (χ0) is 22.9. The molecule has 1 fully saturated rings. The summed E-state index contributed by atoms with van der Waals surface area (Å²) in [5, 5.41) is 7.93. The Kier molecular flexibility index (Phi) is 5.80. The third-order valence-electron chi connectivity index (χ3n) is 5.80. The van der Waals surface area contributed by atoms with Gasteiger partial charge in [-0.25, -0.2) is 22.7 Å². The van der Waals surface area contributed by atoms with Gasteiger partial charge in [-0.15, -0.1) is 5.10 Å². The van der Waals surface area contributed by atoms with Crippen molar-refractivity contribution in [2.45, 2.75) is 25.1 Å². The Morgan fingerprint density at radius 1 is 1.03 bits per heavy atom. The van der Waals surface area contributed by atoms with Gasteiger partial charge in [0.15, 0.2) is 17.3 Å². The average molecular weight is 473 g/mol. The van der Waals surface area contributed by atoms with Crippen molar-refractivity contribution >= 4 is 28.9 Å². The Morgan fingerprint density at radius 2 is 1.88 bits per heavy atom. The second-order valence-corrected chi connectivity index (χ2v) is 8.31. The van der Waals surface area contributed by atoms with Gasteiger partial charge in [-0.3, -0.25) is 0 Å². The molecular weight excluding hydrogens is 453 g/mol. The molecule has 0 bridgehead atoms. The lowest BCUT2D eigenvalue weighted by Gasteiger charge is -2.22. The highest BCUT2D eigenvalue weighted by Crippen LogP contribution is 2.27. The molecule has 170 valence electrons. The standard InChI is InChI=1S/C23H20ClF3N6/c24-21-13-15(5-8-28-21)32-10-6-18(26)20(7-11-32)29-23-30-22-16(2-1-9-33(22)31-23)14-3-4-17(25)19(27)12-14/h1-5,8-9,12-13,18,20H,6-7,10-11H2,(H,29,31)/t18-,20+/m0/s1. The van der Waals surface area contributed by atoms with Gasteiger partial charge in [0.25, 0.3) is 0 Å². The number of fused-ring (bicyclic) bond motifs is 1. The monoisotopic (exact) mass is 472 g/mol. The second kappa shape index (κ2) is 8.90. The van der Waals surface area contributed by atoms with Crippen molar-refractivity contribution < 1.29 is 13.2 Å². The van der Waals surface area contributed by atoms with Gasteiger partial charge in [0.2, 0.25) is 5.95 Å². The van der Waals surface area contributed by atoms with Gasteiger partial charge < -0.3 is 10.2 Å². The number of halogens is 4. The summed E-state index contributed by atoms with van der Waals surface area (Å²) in [6.45, 7) is 1.18. The zero-order valence-corrected chi connectivity index (χ0v) is 18.2. The van der Waals surface area contributed by atoms with Crippen LogP contribution in [-0.2, 0) is 0 Å². The van der Waals surface area contributed by atoms with Gasteiger partial charge in [-0.2, -0.15) is 4.98 Å². The van der Waals surface area contributed by atoms with E-state index in [9.17, 15) is 13.2 Å². The molecule has 0 amide bonds. The number of pyridine rings is 2. The second-order valence-electron chi connectivity index (χ2n) is 7.92. The van der Waals surface area contributed by atoms with E-state index in [1.54, 1.807) is 30.6 Å². The summed E-state index contributed by atoms with van der Waals surface area (Å²) >= 11 is 6.00. The van der Waals surface area contributed by atoms with Crippen LogP contribution >= 0.6 is 11.6 Å². The van der Waals surface area contributed by atoms with Gasteiger partial charge >= 0.3 is 0 Å². The largest absolute Gasteiger partial charge is 0.371 e. The van der Waals surface area contributed by atoms with E-state index >= 15 is 0 Å². The van der Waals surface area contributed by atoms with Crippen molar-refractivity contribution in [1.29, 1.82) is 0 Å². The summed E-state index contributed by atoms with van der Waals surface area (Å²) in [5.41, 5.74) is 2.44. The predicted octanol–water partition coefficient (Wildman–Crippen LogP) is 5.14. The lowest BCUT2D eigenvalue weighted by molar-refractivity contribution is 0.285. The summed E-state index contributed by atoms with van der Waals surface area (Å²) < 4.78 is 43.6. The molecule has 4 heterocycles. The van der Waals surface area contributed by atoms with Gasteiger partial charge in [-0.05, 0) is 54.8 Å². The van der Waals surface area contributed by atoms with E-state index in [0.717, 1.165) is 17.8 Å². The van der Waals surface area contributed by atoms with Crippen molar-refractivity contribution in [3.8, 4) is 11.1 Å². The van der Waals surface area contributed by atoms with Crippen molar-refractivity contribution in [3.63, 3.8) is 0 Å². The SMILES string of the molecule is Fc1ccc(-c2cccn3nc(N[C@@H]4CCN(c5ccnc(Cl)c5)CC[C@@H]4F)nc23)cc1F. The molecular formula is C23H20ClF3N6. The number of anilines is 2. The first-order valence-electron chi connectivity index (χ1n) is 10.6. The van der Waals surface area contributed by atoms with E-state index in [1.807, 2.05) is 6.07 Å². The fourth-order valence-electron chi connectivity index (χ4n) is 4.10. The van der Waals surface area contributed by atoms with Crippen molar-refractivity contribution in [2.75, 3.05) is 23.3 Å². The number of alkyl halides is 1. The third-order valence-corrected chi connectivity index (χ3v) is 6.01. The maximum atomic E-state index is 15.0. The maximum Gasteiger partial charge on any atom is 0.243 e. The molecule has 1 aliphatic heterocycles. The average Bonchev–Trinajstić information content (AvgIpc) is 3.13. The minimum Gasteiger partial charge on any atom is -0.371 e. The number of hydrogen-bond acceptors (Lipinski definition) is 5. The maximum absolute atomic E-state index is 15.0. The van der Waals surface area contributed by atoms with Crippen molar-refractivity contribution in [2.24, 2.45) is 0 Å². The van der Waals surface area contributed by atoms with Crippen LogP contribution in [-0.4, -0.2) is 44.9 Å². The molecule has 0 spiro atoms. The summed E-state index contributed by atoms with van der Waals surface area (Å²) in [7, 11) is 0. The first-order chi connectivity index (χ1) is 16.0. The lowest BCUT2D eigenvalue weighted by Crippen LogP contribution is -2.31. The minimum atomic E-state index is -1.09. The van der Waals surface area contributed by atoms with Crippen LogP contribution in [0, 0.1) is 11.6 Å². The molecule has 0 radical (unpaired) electrons. The zero-order valence-electron chi connectivity index (χ0n) is 17.4. The van der Waals surface area contributed by atoms with Crippen molar-refractivity contribution in [1.82, 2.24) is 19.6 Å². The molecule has 2 atom stereocenters. The van der Waals surface area contributed by atoms with E-state index in [4.69, 9.17) is 11.6 Å². The van der Waals surface area contributed by atoms with E-state index in [-0.39, 0.29) is 5.95 Å². The quantitative estimate of drug-likeness (QED) is 0.417. The summed E-state index contributed by atoms with van der Waals surface area (Å²) in [6.07, 6.45) is 3.12. The van der Waals surface area contributed by atoms with Crippen molar-refractivity contribution in [3.05, 3.63) is 71.6 Å². The number of rotatable bonds is 4. The number of nitrogens with zero attached hydrogens (tertiary/aromatic N) is 5. The van der Waals surface area contributed by atoms with Gasteiger partial charge in [0.05, 0.1) is 6.04 Å². The van der Waals surface area contributed by atoms with Crippen LogP contribution in [0.15, 0.2) is 54.9 Å². The van der Waals surface area contributed by atoms with Crippen LogP contribution in [0.1, 0.15) is 12.8 Å². The summed E-state index contributed by atoms with van der Waals surface area (Å²) in [5.74, 6) is -1.58. The molecule has 1 aliphatic rings. The number of nitrogens with one attached hydrogen (secondary N) is 1. The molecule has 4 aromatic rings. The Morgan fingerprint density at radius 3 is 2.70 bits per heavy atom. The molecule has 3 aromatic heterocycles. The molecule has 0 unspecified atom stereocenters. The minimum absolute atomic E-state index is 0.276. The van der Waals surface area contributed by atoms with E-state index in [0.29, 0.717) is 47.9 Å². The Bertz CT molecular complexity index is 1300. The van der Waals surface area contributed by atoms with Crippen LogP contribution in [0.25, 0.3) is 16.8 Å². The molecule has 0 aliphatic carbocycles. The molecule has 10 heteroatoms. The van der Waals surface area contributed by atoms with Crippen LogP contribution in [0.4, 0.5) is 24.8 Å². The topological polar surface area (TPSA) is 58.4 Å². The highest BCUT2D eigenvalue weighted by atomic mass is 35.5. The van der Waals surface area contributed by atoms with E-state index in [2.05, 4.69) is 25.3 Å². The lowest BCUT2D eigenvalue weighted by atomic mass is 10.1. The van der Waals surface area contributed by atoms with E-state index < -0.39 is 23.8 Å². The van der Waals surface area contributed by atoms with Gasteiger partial charge in [-0.1, -0.05) is 17.7 Å². The fourth-order valence-corrected chi connectivity index (χ4v) is 4.27. The number of hydrogen-bond donors (Lipinski definition) is 1. The van der Waals surface area contributed by atoms with Gasteiger partial charge in [0, 0.05) is 36.7 Å². The molecule has 1 N–H and O–H groups in total. The van der Waals surface area contributed by atoms with Crippen LogP contribution < -0.4 is 10.2 Å². The normalized spacial score (nSPS) is 19.0. The third kappa shape index (κ3) is 4.45. The predicted molar refractivity (Wildman–Crippen MR) is 121 cm³/mol. The summed E-state index contributed by atoms with van der Waals surface area (Å²) in [6, 6.07) is 10.3. The number of aromatic nitrogens is 4. The highest BCUT2D eigenvalue weighted by Gasteiger charge is 2.27.